The number of ether oxygens (including phenoxy) is 1. The van der Waals surface area contributed by atoms with Crippen LogP contribution >= 0.6 is 23.4 Å². The Morgan fingerprint density at radius 1 is 1.20 bits per heavy atom. The molecule has 1 amide bonds. The Labute approximate surface area is 156 Å². The molecule has 1 N–H and O–H groups in total. The Morgan fingerprint density at radius 2 is 1.88 bits per heavy atom. The number of nitrogens with zero attached hydrogens (tertiary/aromatic N) is 2. The summed E-state index contributed by atoms with van der Waals surface area (Å²) in [6.45, 7) is 0. The van der Waals surface area contributed by atoms with E-state index in [9.17, 15) is 4.79 Å². The van der Waals surface area contributed by atoms with Crippen LogP contribution in [0.1, 0.15) is 36.0 Å². The molecule has 5 nitrogen and oxygen atoms in total. The minimum atomic E-state index is -0.00430. The van der Waals surface area contributed by atoms with E-state index < -0.39 is 0 Å². The van der Waals surface area contributed by atoms with Crippen LogP contribution in [0.2, 0.25) is 5.02 Å². The second-order valence-electron chi connectivity index (χ2n) is 5.95. The first-order valence-electron chi connectivity index (χ1n) is 8.24. The SMILES string of the molecule is CSc1ccccc1C(=O)NC1CCC(Oc2ncc(Cl)cn2)CC1. The maximum Gasteiger partial charge on any atom is 0.316 e. The van der Waals surface area contributed by atoms with Gasteiger partial charge in [-0.25, -0.2) is 9.97 Å². The lowest BCUT2D eigenvalue weighted by molar-refractivity contribution is 0.0882. The molecule has 0 radical (unpaired) electrons. The zero-order valence-electron chi connectivity index (χ0n) is 13.9. The Hall–Kier alpha value is -1.79. The summed E-state index contributed by atoms with van der Waals surface area (Å²) >= 11 is 7.36. The van der Waals surface area contributed by atoms with Crippen LogP contribution in [0.15, 0.2) is 41.6 Å². The van der Waals surface area contributed by atoms with Gasteiger partial charge in [-0.2, -0.15) is 0 Å². The lowest BCUT2D eigenvalue weighted by Crippen LogP contribution is -2.40. The number of hydrogen-bond donors (Lipinski definition) is 1. The molecule has 7 heteroatoms. The third-order valence-electron chi connectivity index (χ3n) is 4.23. The molecule has 1 fully saturated rings. The molecule has 1 aliphatic rings. The quantitative estimate of drug-likeness (QED) is 0.798. The minimum absolute atomic E-state index is 0.00430. The number of amides is 1. The van der Waals surface area contributed by atoms with Crippen molar-refractivity contribution >= 4 is 29.3 Å². The van der Waals surface area contributed by atoms with Gasteiger partial charge in [0.1, 0.15) is 6.10 Å². The van der Waals surface area contributed by atoms with Gasteiger partial charge < -0.3 is 10.1 Å². The minimum Gasteiger partial charge on any atom is -0.460 e. The molecule has 25 heavy (non-hydrogen) atoms. The molecule has 0 atom stereocenters. The summed E-state index contributed by atoms with van der Waals surface area (Å²) in [5.41, 5.74) is 0.739. The van der Waals surface area contributed by atoms with E-state index in [1.165, 1.54) is 12.4 Å². The number of carbonyl (C=O) groups is 1. The number of rotatable bonds is 5. The molecule has 1 heterocycles. The number of benzene rings is 1. The molecule has 0 bridgehead atoms. The number of nitrogens with one attached hydrogen (secondary N) is 1. The molecule has 0 unspecified atom stereocenters. The Balaban J connectivity index is 1.50. The van der Waals surface area contributed by atoms with E-state index in [0.717, 1.165) is 36.1 Å². The third kappa shape index (κ3) is 4.86. The fourth-order valence-corrected chi connectivity index (χ4v) is 3.62. The van der Waals surface area contributed by atoms with Crippen molar-refractivity contribution in [3.8, 4) is 6.01 Å². The van der Waals surface area contributed by atoms with Crippen molar-refractivity contribution in [1.82, 2.24) is 15.3 Å². The number of thioether (sulfide) groups is 1. The van der Waals surface area contributed by atoms with Crippen molar-refractivity contribution in [2.24, 2.45) is 0 Å². The standard InChI is InChI=1S/C18H20ClN3O2S/c1-25-16-5-3-2-4-15(16)17(23)22-13-6-8-14(9-7-13)24-18-20-10-12(19)11-21-18/h2-5,10-11,13-14H,6-9H2,1H3,(H,22,23). The van der Waals surface area contributed by atoms with Gasteiger partial charge in [0.25, 0.3) is 5.91 Å². The van der Waals surface area contributed by atoms with Crippen LogP contribution in [0.5, 0.6) is 6.01 Å². The van der Waals surface area contributed by atoms with E-state index in [4.69, 9.17) is 16.3 Å². The van der Waals surface area contributed by atoms with Crippen molar-refractivity contribution in [3.63, 3.8) is 0 Å². The Kier molecular flexibility index (Phi) is 6.15. The number of carbonyl (C=O) groups excluding carboxylic acids is 1. The van der Waals surface area contributed by atoms with E-state index >= 15 is 0 Å². The molecule has 2 aromatic rings. The van der Waals surface area contributed by atoms with Gasteiger partial charge >= 0.3 is 6.01 Å². The largest absolute Gasteiger partial charge is 0.460 e. The van der Waals surface area contributed by atoms with Gasteiger partial charge in [-0.15, -0.1) is 11.8 Å². The van der Waals surface area contributed by atoms with E-state index in [-0.39, 0.29) is 18.1 Å². The summed E-state index contributed by atoms with van der Waals surface area (Å²) in [6.07, 6.45) is 8.59. The van der Waals surface area contributed by atoms with Gasteiger partial charge in [0.15, 0.2) is 0 Å². The molecule has 1 aromatic heterocycles. The monoisotopic (exact) mass is 377 g/mol. The van der Waals surface area contributed by atoms with Crippen LogP contribution in [0.4, 0.5) is 0 Å². The van der Waals surface area contributed by atoms with Crippen LogP contribution in [0.25, 0.3) is 0 Å². The lowest BCUT2D eigenvalue weighted by atomic mass is 9.92. The highest BCUT2D eigenvalue weighted by molar-refractivity contribution is 7.98. The van der Waals surface area contributed by atoms with Gasteiger partial charge in [-0.3, -0.25) is 4.79 Å². The van der Waals surface area contributed by atoms with Crippen molar-refractivity contribution < 1.29 is 9.53 Å². The topological polar surface area (TPSA) is 64.1 Å². The van der Waals surface area contributed by atoms with Gasteiger partial charge in [0, 0.05) is 10.9 Å². The third-order valence-corrected chi connectivity index (χ3v) is 5.22. The summed E-state index contributed by atoms with van der Waals surface area (Å²) in [4.78, 5) is 21.6. The summed E-state index contributed by atoms with van der Waals surface area (Å²) in [7, 11) is 0. The molecule has 1 saturated carbocycles. The summed E-state index contributed by atoms with van der Waals surface area (Å²) in [5.74, 6) is -0.00430. The number of aromatic nitrogens is 2. The van der Waals surface area contributed by atoms with E-state index in [1.807, 2.05) is 30.5 Å². The van der Waals surface area contributed by atoms with Crippen LogP contribution < -0.4 is 10.1 Å². The van der Waals surface area contributed by atoms with Gasteiger partial charge in [0.05, 0.1) is 23.0 Å². The average molecular weight is 378 g/mol. The van der Waals surface area contributed by atoms with Crippen molar-refractivity contribution in [1.29, 1.82) is 0 Å². The smallest absolute Gasteiger partial charge is 0.316 e. The second-order valence-corrected chi connectivity index (χ2v) is 7.23. The predicted molar refractivity (Wildman–Crippen MR) is 99.4 cm³/mol. The van der Waals surface area contributed by atoms with Crippen molar-refractivity contribution in [2.45, 2.75) is 42.7 Å². The summed E-state index contributed by atoms with van der Waals surface area (Å²) < 4.78 is 5.79. The predicted octanol–water partition coefficient (Wildman–Crippen LogP) is 3.97. The second kappa shape index (κ2) is 8.54. The maximum absolute atomic E-state index is 12.5. The van der Waals surface area contributed by atoms with Gasteiger partial charge in [-0.05, 0) is 44.1 Å². The highest BCUT2D eigenvalue weighted by Gasteiger charge is 2.25. The van der Waals surface area contributed by atoms with E-state index in [0.29, 0.717) is 11.0 Å². The zero-order valence-corrected chi connectivity index (χ0v) is 15.5. The first-order chi connectivity index (χ1) is 12.2. The molecular weight excluding hydrogens is 358 g/mol. The Morgan fingerprint density at radius 3 is 2.56 bits per heavy atom. The molecule has 1 aliphatic carbocycles. The zero-order chi connectivity index (χ0) is 17.6. The van der Waals surface area contributed by atoms with Gasteiger partial charge in [-0.1, -0.05) is 23.7 Å². The van der Waals surface area contributed by atoms with Crippen LogP contribution in [-0.2, 0) is 0 Å². The van der Waals surface area contributed by atoms with Crippen LogP contribution in [-0.4, -0.2) is 34.3 Å². The maximum atomic E-state index is 12.5. The molecule has 0 saturated heterocycles. The summed E-state index contributed by atoms with van der Waals surface area (Å²) in [5, 5.41) is 3.64. The fourth-order valence-electron chi connectivity index (χ4n) is 2.93. The van der Waals surface area contributed by atoms with Gasteiger partial charge in [0.2, 0.25) is 0 Å². The highest BCUT2D eigenvalue weighted by atomic mass is 35.5. The Bertz CT molecular complexity index is 719. The normalized spacial score (nSPS) is 20.1. The van der Waals surface area contributed by atoms with E-state index in [1.54, 1.807) is 11.8 Å². The molecular formula is C18H20ClN3O2S. The molecule has 1 aromatic carbocycles. The van der Waals surface area contributed by atoms with Crippen molar-refractivity contribution in [3.05, 3.63) is 47.2 Å². The van der Waals surface area contributed by atoms with E-state index in [2.05, 4.69) is 15.3 Å². The lowest BCUT2D eigenvalue weighted by Gasteiger charge is -2.29. The molecule has 3 rings (SSSR count). The molecule has 0 aliphatic heterocycles. The number of hydrogen-bond acceptors (Lipinski definition) is 5. The molecule has 0 spiro atoms. The first-order valence-corrected chi connectivity index (χ1v) is 9.84. The average Bonchev–Trinajstić information content (AvgIpc) is 2.65. The first kappa shape index (κ1) is 18.0. The van der Waals surface area contributed by atoms with Crippen LogP contribution in [0.3, 0.4) is 0 Å². The highest BCUT2D eigenvalue weighted by Crippen LogP contribution is 2.24. The van der Waals surface area contributed by atoms with Crippen LogP contribution in [0, 0.1) is 0 Å². The van der Waals surface area contributed by atoms with Crippen molar-refractivity contribution in [2.75, 3.05) is 6.26 Å². The number of halogens is 1. The fraction of sp³-hybridized carbons (Fsp3) is 0.389. The summed E-state index contributed by atoms with van der Waals surface area (Å²) in [6, 6.07) is 8.21. The molecule has 132 valence electrons.